The number of carbonyl (C=O) groups is 2. The summed E-state index contributed by atoms with van der Waals surface area (Å²) in [5, 5.41) is 1.57. The predicted octanol–water partition coefficient (Wildman–Crippen LogP) is 3.31. The molecule has 1 aromatic rings. The molecule has 2 rings (SSSR count). The Bertz CT molecular complexity index is 715. The van der Waals surface area contributed by atoms with Crippen LogP contribution in [-0.4, -0.2) is 29.4 Å². The Morgan fingerprint density at radius 1 is 1.12 bits per heavy atom. The number of esters is 2. The number of hydrogen-bond acceptors (Lipinski definition) is 5. The van der Waals surface area contributed by atoms with Crippen molar-refractivity contribution in [3.63, 3.8) is 0 Å². The van der Waals surface area contributed by atoms with E-state index in [9.17, 15) is 13.8 Å². The van der Waals surface area contributed by atoms with Crippen molar-refractivity contribution in [3.05, 3.63) is 53.5 Å². The highest BCUT2D eigenvalue weighted by molar-refractivity contribution is 7.88. The van der Waals surface area contributed by atoms with Gasteiger partial charge < -0.3 is 9.47 Å². The second-order valence-corrected chi connectivity index (χ2v) is 7.39. The Morgan fingerprint density at radius 3 is 2.23 bits per heavy atom. The van der Waals surface area contributed by atoms with Crippen LogP contribution in [0.1, 0.15) is 25.8 Å². The van der Waals surface area contributed by atoms with Gasteiger partial charge in [-0.3, -0.25) is 9.59 Å². The van der Waals surface area contributed by atoms with E-state index in [2.05, 4.69) is 0 Å². The molecule has 0 heterocycles. The molecule has 5 nitrogen and oxygen atoms in total. The monoisotopic (exact) mass is 376 g/mol. The maximum Gasteiger partial charge on any atom is 0.324 e. The fourth-order valence-electron chi connectivity index (χ4n) is 2.66. The molecule has 0 amide bonds. The first-order chi connectivity index (χ1) is 12.5. The number of benzene rings is 1. The Kier molecular flexibility index (Phi) is 6.91. The molecule has 2 unspecified atom stereocenters. The second-order valence-electron chi connectivity index (χ2n) is 6.05. The molecule has 1 aliphatic carbocycles. The lowest BCUT2D eigenvalue weighted by Gasteiger charge is -2.13. The molecule has 1 fully saturated rings. The molecule has 0 saturated heterocycles. The van der Waals surface area contributed by atoms with Gasteiger partial charge in [0.2, 0.25) is 0 Å². The molecule has 0 radical (unpaired) electrons. The Hall–Kier alpha value is -2.21. The van der Waals surface area contributed by atoms with Crippen molar-refractivity contribution in [2.24, 2.45) is 11.3 Å². The minimum atomic E-state index is -1.24. The third-order valence-electron chi connectivity index (χ3n) is 4.20. The van der Waals surface area contributed by atoms with E-state index in [1.165, 1.54) is 0 Å². The summed E-state index contributed by atoms with van der Waals surface area (Å²) in [5.74, 6) is -1.35. The molecule has 2 atom stereocenters. The number of ether oxygens (including phenoxy) is 2. The van der Waals surface area contributed by atoms with Crippen LogP contribution in [0.4, 0.5) is 0 Å². The lowest BCUT2D eigenvalue weighted by atomic mass is 10.0. The van der Waals surface area contributed by atoms with Crippen LogP contribution in [0.25, 0.3) is 0 Å². The average Bonchev–Trinajstić information content (AvgIpc) is 3.35. The highest BCUT2D eigenvalue weighted by atomic mass is 32.2. The van der Waals surface area contributed by atoms with Gasteiger partial charge in [0, 0.05) is 16.2 Å². The van der Waals surface area contributed by atoms with Crippen molar-refractivity contribution in [2.45, 2.75) is 32.1 Å². The van der Waals surface area contributed by atoms with Crippen LogP contribution in [-0.2, 0) is 29.9 Å². The maximum absolute atomic E-state index is 12.2. The van der Waals surface area contributed by atoms with Gasteiger partial charge in [-0.2, -0.15) is 0 Å². The standard InChI is InChI=1S/C20H24O5S/c1-4-24-18(21)20(19(22)25-5-2)14-16(20)8-6-7-13-26(23)17-11-9-15(3)10-12-17/h6-13,16H,4-5,14H2,1-3H3/b8-6+,13-7+. The van der Waals surface area contributed by atoms with Crippen LogP contribution in [0.3, 0.4) is 0 Å². The van der Waals surface area contributed by atoms with Crippen LogP contribution in [0.5, 0.6) is 0 Å². The Morgan fingerprint density at radius 2 is 1.69 bits per heavy atom. The number of aryl methyl sites for hydroxylation is 1. The highest BCUT2D eigenvalue weighted by Gasteiger charge is 2.67. The van der Waals surface area contributed by atoms with Crippen LogP contribution < -0.4 is 0 Å². The van der Waals surface area contributed by atoms with Gasteiger partial charge >= 0.3 is 11.9 Å². The van der Waals surface area contributed by atoms with E-state index < -0.39 is 28.2 Å². The third kappa shape index (κ3) is 4.49. The molecule has 0 aromatic heterocycles. The van der Waals surface area contributed by atoms with E-state index in [0.29, 0.717) is 6.42 Å². The van der Waals surface area contributed by atoms with Gasteiger partial charge in [0.1, 0.15) is 0 Å². The number of rotatable bonds is 8. The van der Waals surface area contributed by atoms with Gasteiger partial charge in [0.05, 0.1) is 24.0 Å². The lowest BCUT2D eigenvalue weighted by molar-refractivity contribution is -0.164. The molecular formula is C20H24O5S. The zero-order valence-electron chi connectivity index (χ0n) is 15.3. The first-order valence-electron chi connectivity index (χ1n) is 8.62. The van der Waals surface area contributed by atoms with Gasteiger partial charge in [0.25, 0.3) is 0 Å². The second kappa shape index (κ2) is 8.94. The maximum atomic E-state index is 12.2. The van der Waals surface area contributed by atoms with Gasteiger partial charge in [-0.15, -0.1) is 0 Å². The SMILES string of the molecule is CCOC(=O)C1(C(=O)OCC)CC1/C=C/C=C/S(=O)c1ccc(C)cc1. The quantitative estimate of drug-likeness (QED) is 0.395. The summed E-state index contributed by atoms with van der Waals surface area (Å²) < 4.78 is 22.2. The van der Waals surface area contributed by atoms with Gasteiger partial charge in [0.15, 0.2) is 5.41 Å². The Balaban J connectivity index is 2.00. The fraction of sp³-hybridized carbons (Fsp3) is 0.400. The fourth-order valence-corrected chi connectivity index (χ4v) is 3.45. The summed E-state index contributed by atoms with van der Waals surface area (Å²) >= 11 is 0. The lowest BCUT2D eigenvalue weighted by Crippen LogP contribution is -2.31. The molecule has 0 bridgehead atoms. The summed E-state index contributed by atoms with van der Waals surface area (Å²) in [6, 6.07) is 7.47. The number of carbonyl (C=O) groups excluding carboxylic acids is 2. The zero-order valence-corrected chi connectivity index (χ0v) is 16.1. The van der Waals surface area contributed by atoms with Crippen LogP contribution in [0.15, 0.2) is 52.8 Å². The minimum Gasteiger partial charge on any atom is -0.465 e. The highest BCUT2D eigenvalue weighted by Crippen LogP contribution is 2.55. The van der Waals surface area contributed by atoms with Gasteiger partial charge in [-0.1, -0.05) is 35.9 Å². The normalized spacial score (nSPS) is 19.4. The summed E-state index contributed by atoms with van der Waals surface area (Å²) in [7, 11) is -1.24. The smallest absolute Gasteiger partial charge is 0.324 e. The van der Waals surface area contributed by atoms with E-state index in [4.69, 9.17) is 9.47 Å². The van der Waals surface area contributed by atoms with E-state index in [-0.39, 0.29) is 19.1 Å². The van der Waals surface area contributed by atoms with Crippen molar-refractivity contribution >= 4 is 22.7 Å². The molecule has 0 aliphatic heterocycles. The van der Waals surface area contributed by atoms with Crippen LogP contribution >= 0.6 is 0 Å². The van der Waals surface area contributed by atoms with Crippen molar-refractivity contribution < 1.29 is 23.3 Å². The number of hydrogen-bond donors (Lipinski definition) is 0. The topological polar surface area (TPSA) is 69.7 Å². The third-order valence-corrected chi connectivity index (χ3v) is 5.35. The predicted molar refractivity (Wildman–Crippen MR) is 99.7 cm³/mol. The van der Waals surface area contributed by atoms with Crippen molar-refractivity contribution in [1.29, 1.82) is 0 Å². The van der Waals surface area contributed by atoms with Gasteiger partial charge in [-0.25, -0.2) is 4.21 Å². The van der Waals surface area contributed by atoms with E-state index in [1.54, 1.807) is 37.5 Å². The van der Waals surface area contributed by atoms with Crippen molar-refractivity contribution in [1.82, 2.24) is 0 Å². The molecule has 6 heteroatoms. The number of allylic oxidation sites excluding steroid dienone is 3. The van der Waals surface area contributed by atoms with E-state index in [0.717, 1.165) is 10.5 Å². The minimum absolute atomic E-state index is 0.214. The molecule has 26 heavy (non-hydrogen) atoms. The molecular weight excluding hydrogens is 352 g/mol. The summed E-state index contributed by atoms with van der Waals surface area (Å²) in [4.78, 5) is 25.1. The first kappa shape index (κ1) is 20.1. The summed E-state index contributed by atoms with van der Waals surface area (Å²) in [5.41, 5.74) is -0.121. The van der Waals surface area contributed by atoms with E-state index in [1.807, 2.05) is 31.2 Å². The Labute approximate surface area is 156 Å². The van der Waals surface area contributed by atoms with Crippen LogP contribution in [0, 0.1) is 18.3 Å². The molecule has 140 valence electrons. The van der Waals surface area contributed by atoms with Crippen molar-refractivity contribution in [3.8, 4) is 0 Å². The molecule has 1 saturated carbocycles. The molecule has 1 aromatic carbocycles. The zero-order chi connectivity index (χ0) is 19.2. The molecule has 0 spiro atoms. The summed E-state index contributed by atoms with van der Waals surface area (Å²) in [6.45, 7) is 5.80. The average molecular weight is 376 g/mol. The van der Waals surface area contributed by atoms with Crippen LogP contribution in [0.2, 0.25) is 0 Å². The first-order valence-corrected chi connectivity index (χ1v) is 9.83. The molecule has 0 N–H and O–H groups in total. The summed E-state index contributed by atoms with van der Waals surface area (Å²) in [6.07, 6.45) is 5.50. The largest absolute Gasteiger partial charge is 0.465 e. The molecule has 1 aliphatic rings. The van der Waals surface area contributed by atoms with E-state index >= 15 is 0 Å². The van der Waals surface area contributed by atoms with Crippen molar-refractivity contribution in [2.75, 3.05) is 13.2 Å². The van der Waals surface area contributed by atoms with Gasteiger partial charge in [-0.05, 0) is 39.3 Å².